The Balaban J connectivity index is 4.12. The SMILES string of the molecule is CC(C)=C(C)CC/C(C)=C(\C)CO. The fourth-order valence-electron chi connectivity index (χ4n) is 0.973. The van der Waals surface area contributed by atoms with Gasteiger partial charge in [0.2, 0.25) is 0 Å². The molecule has 0 rings (SSSR count). The van der Waals surface area contributed by atoms with E-state index in [1.807, 2.05) is 6.92 Å². The van der Waals surface area contributed by atoms with Crippen LogP contribution in [0.4, 0.5) is 0 Å². The van der Waals surface area contributed by atoms with Gasteiger partial charge < -0.3 is 5.11 Å². The molecule has 0 aromatic carbocycles. The normalized spacial score (nSPS) is 12.5. The van der Waals surface area contributed by atoms with Crippen molar-refractivity contribution in [2.24, 2.45) is 0 Å². The number of allylic oxidation sites excluding steroid dienone is 3. The molecule has 0 aliphatic heterocycles. The zero-order valence-corrected chi connectivity index (χ0v) is 9.57. The Kier molecular flexibility index (Phi) is 5.72. The molecule has 0 aromatic heterocycles. The zero-order valence-electron chi connectivity index (χ0n) is 9.57. The molecule has 0 saturated heterocycles. The predicted molar refractivity (Wildman–Crippen MR) is 58.7 cm³/mol. The van der Waals surface area contributed by atoms with Gasteiger partial charge in [0.05, 0.1) is 6.61 Å². The van der Waals surface area contributed by atoms with Crippen LogP contribution >= 0.6 is 0 Å². The van der Waals surface area contributed by atoms with Crippen LogP contribution in [0.3, 0.4) is 0 Å². The van der Waals surface area contributed by atoms with Crippen molar-refractivity contribution in [2.75, 3.05) is 6.61 Å². The lowest BCUT2D eigenvalue weighted by molar-refractivity contribution is 0.329. The summed E-state index contributed by atoms with van der Waals surface area (Å²) in [5, 5.41) is 8.91. The van der Waals surface area contributed by atoms with E-state index in [1.165, 1.54) is 16.7 Å². The van der Waals surface area contributed by atoms with E-state index in [2.05, 4.69) is 27.7 Å². The van der Waals surface area contributed by atoms with Gasteiger partial charge in [0, 0.05) is 0 Å². The summed E-state index contributed by atoms with van der Waals surface area (Å²) in [4.78, 5) is 0. The Hall–Kier alpha value is -0.560. The molecule has 0 saturated carbocycles. The summed E-state index contributed by atoms with van der Waals surface area (Å²) in [5.41, 5.74) is 5.31. The molecule has 0 bridgehead atoms. The van der Waals surface area contributed by atoms with Gasteiger partial charge in [-0.2, -0.15) is 0 Å². The van der Waals surface area contributed by atoms with Crippen molar-refractivity contribution in [3.05, 3.63) is 22.3 Å². The lowest BCUT2D eigenvalue weighted by Crippen LogP contribution is -1.91. The van der Waals surface area contributed by atoms with Crippen LogP contribution < -0.4 is 0 Å². The van der Waals surface area contributed by atoms with Gasteiger partial charge in [0.1, 0.15) is 0 Å². The molecular weight excluding hydrogens is 160 g/mol. The molecule has 1 N–H and O–H groups in total. The monoisotopic (exact) mass is 182 g/mol. The van der Waals surface area contributed by atoms with Gasteiger partial charge >= 0.3 is 0 Å². The Bertz CT molecular complexity index is 217. The first-order valence-electron chi connectivity index (χ1n) is 4.88. The molecule has 0 fully saturated rings. The van der Waals surface area contributed by atoms with E-state index in [0.29, 0.717) is 0 Å². The minimum Gasteiger partial charge on any atom is -0.392 e. The molecule has 0 radical (unpaired) electrons. The molecule has 0 unspecified atom stereocenters. The third-order valence-corrected chi connectivity index (χ3v) is 2.69. The summed E-state index contributed by atoms with van der Waals surface area (Å²) in [6, 6.07) is 0. The van der Waals surface area contributed by atoms with Gasteiger partial charge in [-0.25, -0.2) is 0 Å². The van der Waals surface area contributed by atoms with Crippen molar-refractivity contribution in [3.8, 4) is 0 Å². The quantitative estimate of drug-likeness (QED) is 0.660. The van der Waals surface area contributed by atoms with Crippen molar-refractivity contribution >= 4 is 0 Å². The van der Waals surface area contributed by atoms with E-state index < -0.39 is 0 Å². The van der Waals surface area contributed by atoms with Crippen molar-refractivity contribution in [2.45, 2.75) is 47.5 Å². The highest BCUT2D eigenvalue weighted by molar-refractivity contribution is 5.14. The summed E-state index contributed by atoms with van der Waals surface area (Å²) in [6.45, 7) is 10.8. The van der Waals surface area contributed by atoms with Crippen molar-refractivity contribution < 1.29 is 5.11 Å². The molecule has 0 aliphatic carbocycles. The average molecular weight is 182 g/mol. The van der Waals surface area contributed by atoms with Crippen LogP contribution in [-0.4, -0.2) is 11.7 Å². The van der Waals surface area contributed by atoms with E-state index in [0.717, 1.165) is 18.4 Å². The van der Waals surface area contributed by atoms with E-state index >= 15 is 0 Å². The second-order valence-electron chi connectivity index (χ2n) is 4.00. The molecule has 76 valence electrons. The first kappa shape index (κ1) is 12.4. The fraction of sp³-hybridized carbons (Fsp3) is 0.667. The Labute approximate surface area is 82.2 Å². The first-order chi connectivity index (χ1) is 5.99. The summed E-state index contributed by atoms with van der Waals surface area (Å²) in [5.74, 6) is 0. The zero-order chi connectivity index (χ0) is 10.4. The van der Waals surface area contributed by atoms with Gasteiger partial charge in [-0.15, -0.1) is 0 Å². The summed E-state index contributed by atoms with van der Waals surface area (Å²) in [6.07, 6.45) is 2.19. The van der Waals surface area contributed by atoms with E-state index in [9.17, 15) is 0 Å². The third-order valence-electron chi connectivity index (χ3n) is 2.69. The van der Waals surface area contributed by atoms with Crippen LogP contribution in [0, 0.1) is 0 Å². The van der Waals surface area contributed by atoms with E-state index in [1.54, 1.807) is 0 Å². The van der Waals surface area contributed by atoms with Crippen molar-refractivity contribution in [1.29, 1.82) is 0 Å². The smallest absolute Gasteiger partial charge is 0.0641 e. The fourth-order valence-corrected chi connectivity index (χ4v) is 0.973. The summed E-state index contributed by atoms with van der Waals surface area (Å²) in [7, 11) is 0. The van der Waals surface area contributed by atoms with Gasteiger partial charge in [-0.3, -0.25) is 0 Å². The maximum absolute atomic E-state index is 8.91. The van der Waals surface area contributed by atoms with Gasteiger partial charge in [0.25, 0.3) is 0 Å². The van der Waals surface area contributed by atoms with Gasteiger partial charge in [-0.05, 0) is 53.0 Å². The Morgan fingerprint density at radius 2 is 1.23 bits per heavy atom. The van der Waals surface area contributed by atoms with Crippen LogP contribution in [0.2, 0.25) is 0 Å². The van der Waals surface area contributed by atoms with E-state index in [4.69, 9.17) is 5.11 Å². The van der Waals surface area contributed by atoms with Crippen LogP contribution in [0.25, 0.3) is 0 Å². The second kappa shape index (κ2) is 5.98. The minimum absolute atomic E-state index is 0.194. The largest absolute Gasteiger partial charge is 0.392 e. The van der Waals surface area contributed by atoms with Crippen LogP contribution in [0.5, 0.6) is 0 Å². The number of hydrogen-bond donors (Lipinski definition) is 1. The first-order valence-corrected chi connectivity index (χ1v) is 4.88. The maximum Gasteiger partial charge on any atom is 0.0641 e. The number of aliphatic hydroxyl groups is 1. The minimum atomic E-state index is 0.194. The molecule has 0 amide bonds. The molecule has 0 aromatic rings. The second-order valence-corrected chi connectivity index (χ2v) is 4.00. The van der Waals surface area contributed by atoms with E-state index in [-0.39, 0.29) is 6.61 Å². The van der Waals surface area contributed by atoms with Gasteiger partial charge in [-0.1, -0.05) is 16.7 Å². The molecule has 1 nitrogen and oxygen atoms in total. The number of hydrogen-bond acceptors (Lipinski definition) is 1. The Morgan fingerprint density at radius 1 is 0.769 bits per heavy atom. The molecule has 0 atom stereocenters. The average Bonchev–Trinajstić information content (AvgIpc) is 2.11. The molecule has 13 heavy (non-hydrogen) atoms. The standard InChI is InChI=1S/C12H22O/c1-9(2)10(3)6-7-11(4)12(5)8-13/h13H,6-8H2,1-5H3/b12-11+. The molecule has 0 spiro atoms. The summed E-state index contributed by atoms with van der Waals surface area (Å²) < 4.78 is 0. The maximum atomic E-state index is 8.91. The molecule has 1 heteroatoms. The molecule has 0 aliphatic rings. The lowest BCUT2D eigenvalue weighted by atomic mass is 10.0. The van der Waals surface area contributed by atoms with Crippen molar-refractivity contribution in [3.63, 3.8) is 0 Å². The van der Waals surface area contributed by atoms with Crippen molar-refractivity contribution in [1.82, 2.24) is 0 Å². The summed E-state index contributed by atoms with van der Waals surface area (Å²) >= 11 is 0. The number of rotatable bonds is 4. The predicted octanol–water partition coefficient (Wildman–Crippen LogP) is 3.45. The molecule has 0 heterocycles. The number of aliphatic hydroxyl groups excluding tert-OH is 1. The molecular formula is C12H22O. The van der Waals surface area contributed by atoms with Crippen LogP contribution in [-0.2, 0) is 0 Å². The van der Waals surface area contributed by atoms with Crippen LogP contribution in [0.15, 0.2) is 22.3 Å². The highest BCUT2D eigenvalue weighted by atomic mass is 16.3. The lowest BCUT2D eigenvalue weighted by Gasteiger charge is -2.07. The topological polar surface area (TPSA) is 20.2 Å². The van der Waals surface area contributed by atoms with Crippen LogP contribution in [0.1, 0.15) is 47.5 Å². The highest BCUT2D eigenvalue weighted by Crippen LogP contribution is 2.16. The Morgan fingerprint density at radius 3 is 1.62 bits per heavy atom. The van der Waals surface area contributed by atoms with Gasteiger partial charge in [0.15, 0.2) is 0 Å². The highest BCUT2D eigenvalue weighted by Gasteiger charge is 1.98. The third kappa shape index (κ3) is 4.89.